The van der Waals surface area contributed by atoms with E-state index in [1.807, 2.05) is 6.20 Å². The van der Waals surface area contributed by atoms with E-state index in [1.165, 1.54) is 5.56 Å². The Labute approximate surface area is 158 Å². The average molecular weight is 361 g/mol. The maximum atomic E-state index is 11.8. The summed E-state index contributed by atoms with van der Waals surface area (Å²) in [7, 11) is 0. The van der Waals surface area contributed by atoms with Gasteiger partial charge in [-0.2, -0.15) is 5.10 Å². The summed E-state index contributed by atoms with van der Waals surface area (Å²) in [4.78, 5) is 18.4. The fourth-order valence-corrected chi connectivity index (χ4v) is 3.82. The number of pyridine rings is 1. The lowest BCUT2D eigenvalue weighted by Gasteiger charge is -2.34. The number of anilines is 1. The SMILES string of the molecule is Cc1ccc(-c2cn[nH]c2C2CCCN(c3ncccc3C(N)=O)C2)cc1. The summed E-state index contributed by atoms with van der Waals surface area (Å²) < 4.78 is 0. The van der Waals surface area contributed by atoms with Crippen LogP contribution >= 0.6 is 0 Å². The molecule has 0 saturated carbocycles. The van der Waals surface area contributed by atoms with Crippen LogP contribution in [-0.2, 0) is 0 Å². The first-order valence-corrected chi connectivity index (χ1v) is 9.23. The van der Waals surface area contributed by atoms with Gasteiger partial charge < -0.3 is 10.6 Å². The zero-order valence-electron chi connectivity index (χ0n) is 15.4. The molecule has 0 aliphatic carbocycles. The molecule has 3 N–H and O–H groups in total. The van der Waals surface area contributed by atoms with Crippen LogP contribution in [0.1, 0.15) is 40.4 Å². The third-order valence-electron chi connectivity index (χ3n) is 5.21. The molecule has 1 fully saturated rings. The molecule has 3 heterocycles. The van der Waals surface area contributed by atoms with Gasteiger partial charge in [-0.3, -0.25) is 9.89 Å². The van der Waals surface area contributed by atoms with Crippen molar-refractivity contribution in [1.29, 1.82) is 0 Å². The van der Waals surface area contributed by atoms with Crippen LogP contribution in [0.4, 0.5) is 5.82 Å². The Kier molecular flexibility index (Phi) is 4.62. The van der Waals surface area contributed by atoms with E-state index in [2.05, 4.69) is 51.3 Å². The molecule has 27 heavy (non-hydrogen) atoms. The second-order valence-corrected chi connectivity index (χ2v) is 7.09. The summed E-state index contributed by atoms with van der Waals surface area (Å²) in [5.41, 5.74) is 10.7. The lowest BCUT2D eigenvalue weighted by molar-refractivity contribution is 0.100. The van der Waals surface area contributed by atoms with Crippen molar-refractivity contribution in [1.82, 2.24) is 15.2 Å². The molecule has 6 heteroatoms. The van der Waals surface area contributed by atoms with Crippen LogP contribution in [0.15, 0.2) is 48.8 Å². The van der Waals surface area contributed by atoms with E-state index in [0.29, 0.717) is 17.3 Å². The largest absolute Gasteiger partial charge is 0.365 e. The zero-order valence-corrected chi connectivity index (χ0v) is 15.4. The molecule has 3 aromatic rings. The Bertz CT molecular complexity index is 947. The first-order chi connectivity index (χ1) is 13.1. The van der Waals surface area contributed by atoms with Gasteiger partial charge in [0.15, 0.2) is 0 Å². The Morgan fingerprint density at radius 3 is 2.85 bits per heavy atom. The molecule has 0 bridgehead atoms. The summed E-state index contributed by atoms with van der Waals surface area (Å²) in [5, 5.41) is 7.52. The Hall–Kier alpha value is -3.15. The molecule has 1 unspecified atom stereocenters. The number of benzene rings is 1. The van der Waals surface area contributed by atoms with Gasteiger partial charge in [-0.15, -0.1) is 0 Å². The fourth-order valence-electron chi connectivity index (χ4n) is 3.82. The molecule has 1 saturated heterocycles. The molecule has 6 nitrogen and oxygen atoms in total. The van der Waals surface area contributed by atoms with Crippen LogP contribution in [0, 0.1) is 6.92 Å². The van der Waals surface area contributed by atoms with Gasteiger partial charge in [-0.05, 0) is 37.5 Å². The number of piperidine rings is 1. The number of carbonyl (C=O) groups excluding carboxylic acids is 1. The van der Waals surface area contributed by atoms with Gasteiger partial charge in [0.05, 0.1) is 11.8 Å². The number of primary amides is 1. The summed E-state index contributed by atoms with van der Waals surface area (Å²) in [6.07, 6.45) is 5.69. The van der Waals surface area contributed by atoms with Crippen LogP contribution in [0.25, 0.3) is 11.1 Å². The minimum atomic E-state index is -0.442. The van der Waals surface area contributed by atoms with Crippen molar-refractivity contribution in [2.24, 2.45) is 5.73 Å². The van der Waals surface area contributed by atoms with E-state index in [-0.39, 0.29) is 0 Å². The molecule has 0 radical (unpaired) electrons. The second-order valence-electron chi connectivity index (χ2n) is 7.09. The molecule has 138 valence electrons. The lowest BCUT2D eigenvalue weighted by atomic mass is 9.90. The monoisotopic (exact) mass is 361 g/mol. The van der Waals surface area contributed by atoms with Crippen LogP contribution < -0.4 is 10.6 Å². The lowest BCUT2D eigenvalue weighted by Crippen LogP contribution is -2.36. The summed E-state index contributed by atoms with van der Waals surface area (Å²) in [6.45, 7) is 3.72. The number of nitrogens with zero attached hydrogens (tertiary/aromatic N) is 3. The van der Waals surface area contributed by atoms with Gasteiger partial charge >= 0.3 is 0 Å². The van der Waals surface area contributed by atoms with E-state index in [4.69, 9.17) is 5.73 Å². The predicted octanol–water partition coefficient (Wildman–Crippen LogP) is 3.26. The van der Waals surface area contributed by atoms with E-state index < -0.39 is 5.91 Å². The van der Waals surface area contributed by atoms with E-state index in [1.54, 1.807) is 18.3 Å². The van der Waals surface area contributed by atoms with Gasteiger partial charge in [-0.1, -0.05) is 29.8 Å². The molecule has 1 atom stereocenters. The molecular formula is C21H23N5O. The highest BCUT2D eigenvalue weighted by molar-refractivity contribution is 5.97. The Balaban J connectivity index is 1.63. The van der Waals surface area contributed by atoms with Crippen molar-refractivity contribution in [3.8, 4) is 11.1 Å². The molecule has 2 aromatic heterocycles. The average Bonchev–Trinajstić information content (AvgIpc) is 3.18. The van der Waals surface area contributed by atoms with Crippen LogP contribution in [0.5, 0.6) is 0 Å². The maximum absolute atomic E-state index is 11.8. The van der Waals surface area contributed by atoms with E-state index in [9.17, 15) is 4.79 Å². The summed E-state index contributed by atoms with van der Waals surface area (Å²) in [6, 6.07) is 12.0. The highest BCUT2D eigenvalue weighted by Crippen LogP contribution is 2.34. The third-order valence-corrected chi connectivity index (χ3v) is 5.21. The van der Waals surface area contributed by atoms with E-state index in [0.717, 1.165) is 42.8 Å². The number of hydrogen-bond acceptors (Lipinski definition) is 4. The minimum absolute atomic E-state index is 0.292. The second kappa shape index (κ2) is 7.23. The molecule has 1 aromatic carbocycles. The smallest absolute Gasteiger partial charge is 0.252 e. The van der Waals surface area contributed by atoms with Gasteiger partial charge in [0.25, 0.3) is 5.91 Å². The molecule has 0 spiro atoms. The van der Waals surface area contributed by atoms with Crippen molar-refractivity contribution in [2.45, 2.75) is 25.7 Å². The number of nitrogens with one attached hydrogen (secondary N) is 1. The zero-order chi connectivity index (χ0) is 18.8. The fraction of sp³-hybridized carbons (Fsp3) is 0.286. The first kappa shape index (κ1) is 17.3. The molecule has 1 amide bonds. The topological polar surface area (TPSA) is 87.9 Å². The highest BCUT2D eigenvalue weighted by Gasteiger charge is 2.27. The summed E-state index contributed by atoms with van der Waals surface area (Å²) >= 11 is 0. The normalized spacial score (nSPS) is 17.1. The van der Waals surface area contributed by atoms with Crippen molar-refractivity contribution in [3.05, 3.63) is 65.6 Å². The van der Waals surface area contributed by atoms with Gasteiger partial charge in [-0.25, -0.2) is 4.98 Å². The first-order valence-electron chi connectivity index (χ1n) is 9.23. The number of hydrogen-bond donors (Lipinski definition) is 2. The highest BCUT2D eigenvalue weighted by atomic mass is 16.1. The van der Waals surface area contributed by atoms with Crippen LogP contribution in [0.3, 0.4) is 0 Å². The number of nitrogens with two attached hydrogens (primary N) is 1. The molecule has 1 aliphatic rings. The van der Waals surface area contributed by atoms with Gasteiger partial charge in [0, 0.05) is 36.5 Å². The van der Waals surface area contributed by atoms with Crippen LogP contribution in [-0.4, -0.2) is 34.2 Å². The van der Waals surface area contributed by atoms with E-state index >= 15 is 0 Å². The van der Waals surface area contributed by atoms with Crippen molar-refractivity contribution in [2.75, 3.05) is 18.0 Å². The maximum Gasteiger partial charge on any atom is 0.252 e. The number of aryl methyl sites for hydroxylation is 1. The standard InChI is InChI=1S/C21H23N5O/c1-14-6-8-15(9-7-14)18-12-24-25-19(18)16-4-3-11-26(13-16)21-17(20(22)27)5-2-10-23-21/h2,5-10,12,16H,3-4,11,13H2,1H3,(H2,22,27)(H,24,25). The van der Waals surface area contributed by atoms with Crippen LogP contribution in [0.2, 0.25) is 0 Å². The predicted molar refractivity (Wildman–Crippen MR) is 106 cm³/mol. The quantitative estimate of drug-likeness (QED) is 0.746. The van der Waals surface area contributed by atoms with Gasteiger partial charge in [0.1, 0.15) is 5.82 Å². The number of aromatic amines is 1. The number of H-pyrrole nitrogens is 1. The molecule has 1 aliphatic heterocycles. The minimum Gasteiger partial charge on any atom is -0.365 e. The summed E-state index contributed by atoms with van der Waals surface area (Å²) in [5.74, 6) is 0.522. The number of amides is 1. The van der Waals surface area contributed by atoms with Crippen molar-refractivity contribution < 1.29 is 4.79 Å². The number of carbonyl (C=O) groups is 1. The Morgan fingerprint density at radius 2 is 2.07 bits per heavy atom. The molecule has 4 rings (SSSR count). The van der Waals surface area contributed by atoms with Gasteiger partial charge in [0.2, 0.25) is 0 Å². The number of rotatable bonds is 4. The van der Waals surface area contributed by atoms with Crippen molar-refractivity contribution in [3.63, 3.8) is 0 Å². The number of aromatic nitrogens is 3. The molecular weight excluding hydrogens is 338 g/mol. The Morgan fingerprint density at radius 1 is 1.26 bits per heavy atom. The third kappa shape index (κ3) is 3.43. The van der Waals surface area contributed by atoms with Crippen molar-refractivity contribution >= 4 is 11.7 Å².